The Balaban J connectivity index is 2.08. The van der Waals surface area contributed by atoms with Gasteiger partial charge in [-0.1, -0.05) is 0 Å². The van der Waals surface area contributed by atoms with E-state index >= 15 is 0 Å². The fourth-order valence-corrected chi connectivity index (χ4v) is 3.53. The highest BCUT2D eigenvalue weighted by Gasteiger charge is 2.15. The first-order valence-electron chi connectivity index (χ1n) is 6.25. The third kappa shape index (κ3) is 3.56. The molecule has 0 saturated carbocycles. The number of pyridine rings is 1. The van der Waals surface area contributed by atoms with Gasteiger partial charge in [-0.3, -0.25) is 0 Å². The van der Waals surface area contributed by atoms with Crippen LogP contribution in [0.5, 0.6) is 0 Å². The smallest absolute Gasteiger partial charge is 0.242 e. The van der Waals surface area contributed by atoms with Gasteiger partial charge in [0, 0.05) is 24.2 Å². The fraction of sp³-hybridized carbons (Fsp3) is 0.308. The molecule has 0 saturated heterocycles. The van der Waals surface area contributed by atoms with E-state index < -0.39 is 10.0 Å². The van der Waals surface area contributed by atoms with Crippen molar-refractivity contribution in [2.24, 2.45) is 0 Å². The van der Waals surface area contributed by atoms with Crippen molar-refractivity contribution in [2.75, 3.05) is 11.9 Å². The highest BCUT2D eigenvalue weighted by molar-refractivity contribution is 7.89. The zero-order chi connectivity index (χ0) is 14.6. The van der Waals surface area contributed by atoms with Crippen molar-refractivity contribution in [3.63, 3.8) is 0 Å². The molecule has 0 fully saturated rings. The molecule has 5 nitrogen and oxygen atoms in total. The summed E-state index contributed by atoms with van der Waals surface area (Å²) in [5, 5.41) is 4.97. The van der Waals surface area contributed by atoms with Crippen LogP contribution >= 0.6 is 11.3 Å². The number of nitrogens with zero attached hydrogens (tertiary/aromatic N) is 1. The zero-order valence-corrected chi connectivity index (χ0v) is 13.0. The molecule has 2 N–H and O–H groups in total. The number of aryl methyl sites for hydroxylation is 1. The molecule has 0 unspecified atom stereocenters. The van der Waals surface area contributed by atoms with E-state index in [0.717, 1.165) is 17.0 Å². The number of sulfonamides is 1. The second-order valence-electron chi connectivity index (χ2n) is 4.26. The molecule has 2 heterocycles. The van der Waals surface area contributed by atoms with Gasteiger partial charge in [-0.25, -0.2) is 18.1 Å². The molecule has 0 aliphatic rings. The summed E-state index contributed by atoms with van der Waals surface area (Å²) in [5.74, 6) is 0.667. The van der Waals surface area contributed by atoms with Crippen LogP contribution in [0.25, 0.3) is 0 Å². The molecular formula is C13H17N3O2S2. The van der Waals surface area contributed by atoms with Gasteiger partial charge in [0.05, 0.1) is 0 Å². The maximum atomic E-state index is 12.1. The molecule has 2 aromatic rings. The first-order chi connectivity index (χ1) is 9.53. The van der Waals surface area contributed by atoms with E-state index in [0.29, 0.717) is 12.4 Å². The summed E-state index contributed by atoms with van der Waals surface area (Å²) in [7, 11) is -3.52. The average molecular weight is 311 g/mol. The number of thiophene rings is 1. The van der Waals surface area contributed by atoms with Gasteiger partial charge >= 0.3 is 0 Å². The number of hydrogen-bond donors (Lipinski definition) is 2. The molecule has 0 spiro atoms. The van der Waals surface area contributed by atoms with Crippen LogP contribution in [-0.2, 0) is 16.6 Å². The fourth-order valence-electron chi connectivity index (χ4n) is 1.65. The monoisotopic (exact) mass is 311 g/mol. The minimum Gasteiger partial charge on any atom is -0.370 e. The van der Waals surface area contributed by atoms with E-state index in [-0.39, 0.29) is 4.90 Å². The third-order valence-corrected chi connectivity index (χ3v) is 5.20. The van der Waals surface area contributed by atoms with E-state index in [4.69, 9.17) is 0 Å². The summed E-state index contributed by atoms with van der Waals surface area (Å²) in [5.41, 5.74) is 1.10. The molecular weight excluding hydrogens is 294 g/mol. The van der Waals surface area contributed by atoms with Crippen LogP contribution in [0, 0.1) is 6.92 Å². The Hall–Kier alpha value is -1.44. The van der Waals surface area contributed by atoms with Crippen LogP contribution in [0.2, 0.25) is 0 Å². The van der Waals surface area contributed by atoms with Crippen molar-refractivity contribution >= 4 is 27.2 Å². The van der Waals surface area contributed by atoms with E-state index in [1.807, 2.05) is 25.3 Å². The summed E-state index contributed by atoms with van der Waals surface area (Å²) in [6.07, 6.45) is 1.36. The molecule has 0 amide bonds. The summed E-state index contributed by atoms with van der Waals surface area (Å²) < 4.78 is 26.9. The SMILES string of the molecule is CCNc1ccc(S(=O)(=O)NCc2sccc2C)cn1. The predicted molar refractivity (Wildman–Crippen MR) is 81.5 cm³/mol. The lowest BCUT2D eigenvalue weighted by Crippen LogP contribution is -2.23. The molecule has 7 heteroatoms. The van der Waals surface area contributed by atoms with Gasteiger partial charge in [-0.2, -0.15) is 0 Å². The number of nitrogens with one attached hydrogen (secondary N) is 2. The molecule has 0 bridgehead atoms. The van der Waals surface area contributed by atoms with Crippen molar-refractivity contribution in [3.8, 4) is 0 Å². The number of hydrogen-bond acceptors (Lipinski definition) is 5. The van der Waals surface area contributed by atoms with Crippen molar-refractivity contribution in [1.29, 1.82) is 0 Å². The van der Waals surface area contributed by atoms with E-state index in [1.165, 1.54) is 6.20 Å². The normalized spacial score (nSPS) is 11.5. The van der Waals surface area contributed by atoms with E-state index in [1.54, 1.807) is 23.5 Å². The lowest BCUT2D eigenvalue weighted by Gasteiger charge is -2.07. The van der Waals surface area contributed by atoms with Gasteiger partial charge in [-0.05, 0) is 43.0 Å². The molecule has 0 atom stereocenters. The van der Waals surface area contributed by atoms with Crippen molar-refractivity contribution < 1.29 is 8.42 Å². The maximum absolute atomic E-state index is 12.1. The summed E-state index contributed by atoms with van der Waals surface area (Å²) in [4.78, 5) is 5.26. The summed E-state index contributed by atoms with van der Waals surface area (Å²) >= 11 is 1.54. The van der Waals surface area contributed by atoms with Crippen molar-refractivity contribution in [1.82, 2.24) is 9.71 Å². The molecule has 0 aromatic carbocycles. The van der Waals surface area contributed by atoms with Gasteiger partial charge in [0.1, 0.15) is 10.7 Å². The molecule has 108 valence electrons. The quantitative estimate of drug-likeness (QED) is 0.859. The lowest BCUT2D eigenvalue weighted by atomic mass is 10.3. The van der Waals surface area contributed by atoms with E-state index in [9.17, 15) is 8.42 Å². The summed E-state index contributed by atoms with van der Waals surface area (Å²) in [6.45, 7) is 4.97. The second-order valence-corrected chi connectivity index (χ2v) is 7.03. The number of rotatable bonds is 6. The lowest BCUT2D eigenvalue weighted by molar-refractivity contribution is 0.581. The topological polar surface area (TPSA) is 71.1 Å². The van der Waals surface area contributed by atoms with Crippen LogP contribution < -0.4 is 10.0 Å². The Morgan fingerprint density at radius 1 is 1.30 bits per heavy atom. The Kier molecular flexibility index (Phi) is 4.74. The number of aromatic nitrogens is 1. The first kappa shape index (κ1) is 15.0. The Morgan fingerprint density at radius 2 is 2.10 bits per heavy atom. The van der Waals surface area contributed by atoms with Crippen LogP contribution in [0.3, 0.4) is 0 Å². The summed E-state index contributed by atoms with van der Waals surface area (Å²) in [6, 6.07) is 5.18. The largest absolute Gasteiger partial charge is 0.370 e. The third-order valence-electron chi connectivity index (χ3n) is 2.80. The Bertz CT molecular complexity index is 663. The highest BCUT2D eigenvalue weighted by atomic mass is 32.2. The van der Waals surface area contributed by atoms with Gasteiger partial charge < -0.3 is 5.32 Å². The minimum atomic E-state index is -3.52. The van der Waals surface area contributed by atoms with E-state index in [2.05, 4.69) is 15.0 Å². The number of anilines is 1. The van der Waals surface area contributed by atoms with Gasteiger partial charge in [-0.15, -0.1) is 11.3 Å². The van der Waals surface area contributed by atoms with Gasteiger partial charge in [0.25, 0.3) is 0 Å². The van der Waals surface area contributed by atoms with Crippen LogP contribution in [0.1, 0.15) is 17.4 Å². The van der Waals surface area contributed by atoms with Crippen molar-refractivity contribution in [3.05, 3.63) is 40.2 Å². The average Bonchev–Trinajstić information content (AvgIpc) is 2.83. The molecule has 2 rings (SSSR count). The first-order valence-corrected chi connectivity index (χ1v) is 8.62. The maximum Gasteiger partial charge on any atom is 0.242 e. The minimum absolute atomic E-state index is 0.174. The second kappa shape index (κ2) is 6.34. The van der Waals surface area contributed by atoms with Crippen LogP contribution in [0.15, 0.2) is 34.7 Å². The zero-order valence-electron chi connectivity index (χ0n) is 11.4. The molecule has 2 aromatic heterocycles. The molecule has 0 aliphatic carbocycles. The molecule has 0 radical (unpaired) electrons. The highest BCUT2D eigenvalue weighted by Crippen LogP contribution is 2.17. The Morgan fingerprint density at radius 3 is 2.65 bits per heavy atom. The standard InChI is InChI=1S/C13H17N3O2S2/c1-3-14-13-5-4-11(8-15-13)20(17,18)16-9-12-10(2)6-7-19-12/h4-8,16H,3,9H2,1-2H3,(H,14,15). The van der Waals surface area contributed by atoms with Gasteiger partial charge in [0.2, 0.25) is 10.0 Å². The van der Waals surface area contributed by atoms with Crippen molar-refractivity contribution in [2.45, 2.75) is 25.3 Å². The predicted octanol–water partition coefficient (Wildman–Crippen LogP) is 2.36. The molecule has 20 heavy (non-hydrogen) atoms. The van der Waals surface area contributed by atoms with Gasteiger partial charge in [0.15, 0.2) is 0 Å². The molecule has 0 aliphatic heterocycles. The van der Waals surface area contributed by atoms with Crippen LogP contribution in [-0.4, -0.2) is 19.9 Å². The van der Waals surface area contributed by atoms with Crippen LogP contribution in [0.4, 0.5) is 5.82 Å². The Labute approximate surface area is 123 Å².